The Morgan fingerprint density at radius 3 is 1.71 bits per heavy atom. The number of hydrogen-bond acceptors (Lipinski definition) is 28. The molecular weight excluding hydrogens is 900 g/mol. The summed E-state index contributed by atoms with van der Waals surface area (Å²) in [6, 6.07) is 0. The van der Waals surface area contributed by atoms with E-state index in [-0.39, 0.29) is 0 Å². The standard InChI is InChI=1S/C35H54O30/c1-7(38)54-5-10-12(39)14(41)26(33(58-10)61-24-13(40)8(3-36)57-32(21(24)48)60-22-9(4-37)56-29(51)18(45)15(22)42)63-31-20(47)17(44)25(27(64-31)28(49)50)62-30-19(46)16(43)23-11(59-30)6-55-35(2,65-23)34(52)53/h8-27,29-33,36-37,39-48,51H,3-6H2,1-2H3,(H,49,50)(H,52,53)/t8-,9-,10-,11-,12-,13-,14+,15-,16-,17-,18-,19+,20-,21-,22-,23-,24+,25+,26+,27+,29-,30+,31-,32+,33-,35?/m1/s1. The van der Waals surface area contributed by atoms with Crippen LogP contribution < -0.4 is 0 Å². The van der Waals surface area contributed by atoms with Gasteiger partial charge in [0, 0.05) is 13.8 Å². The van der Waals surface area contributed by atoms with Crippen molar-refractivity contribution in [2.24, 2.45) is 0 Å². The molecule has 0 aliphatic carbocycles. The molecule has 0 bridgehead atoms. The molecule has 0 aromatic heterocycles. The average molecular weight is 955 g/mol. The van der Waals surface area contributed by atoms with Crippen molar-refractivity contribution in [2.45, 2.75) is 173 Å². The number of carboxylic acid groups (broad SMARTS) is 2. The highest BCUT2D eigenvalue weighted by Crippen LogP contribution is 2.38. The van der Waals surface area contributed by atoms with Crippen molar-refractivity contribution in [3.05, 3.63) is 0 Å². The zero-order valence-corrected chi connectivity index (χ0v) is 34.1. The molecule has 15 N–H and O–H groups in total. The first-order chi connectivity index (χ1) is 30.5. The van der Waals surface area contributed by atoms with Gasteiger partial charge in [-0.05, 0) is 0 Å². The second-order valence-corrected chi connectivity index (χ2v) is 16.1. The topological polar surface area (TPSA) is 465 Å². The number of carbonyl (C=O) groups excluding carboxylic acids is 1. The second-order valence-electron chi connectivity index (χ2n) is 16.1. The summed E-state index contributed by atoms with van der Waals surface area (Å²) in [4.78, 5) is 35.9. The first-order valence-corrected chi connectivity index (χ1v) is 20.0. The molecule has 6 saturated heterocycles. The number of aliphatic carboxylic acids is 2. The van der Waals surface area contributed by atoms with Crippen LogP contribution in [0.2, 0.25) is 0 Å². The molecular formula is C35H54O30. The van der Waals surface area contributed by atoms with E-state index < -0.39 is 204 Å². The van der Waals surface area contributed by atoms with Crippen molar-refractivity contribution < 1.29 is 148 Å². The zero-order valence-electron chi connectivity index (χ0n) is 34.1. The van der Waals surface area contributed by atoms with Crippen molar-refractivity contribution in [1.29, 1.82) is 0 Å². The van der Waals surface area contributed by atoms with Crippen LogP contribution in [0.5, 0.6) is 0 Å². The van der Waals surface area contributed by atoms with Gasteiger partial charge in [0.2, 0.25) is 0 Å². The van der Waals surface area contributed by atoms with E-state index in [0.29, 0.717) is 0 Å². The molecule has 0 saturated carbocycles. The summed E-state index contributed by atoms with van der Waals surface area (Å²) in [7, 11) is 0. The van der Waals surface area contributed by atoms with Gasteiger partial charge in [-0.3, -0.25) is 4.79 Å². The van der Waals surface area contributed by atoms with Gasteiger partial charge >= 0.3 is 17.9 Å². The molecule has 6 heterocycles. The molecule has 6 aliphatic heterocycles. The van der Waals surface area contributed by atoms with Gasteiger partial charge in [-0.25, -0.2) is 9.59 Å². The van der Waals surface area contributed by atoms with Crippen molar-refractivity contribution in [3.8, 4) is 0 Å². The van der Waals surface area contributed by atoms with E-state index in [1.807, 2.05) is 0 Å². The maximum absolute atomic E-state index is 12.6. The summed E-state index contributed by atoms with van der Waals surface area (Å²) in [5.74, 6) is -6.60. The fourth-order valence-corrected chi connectivity index (χ4v) is 7.92. The molecule has 30 heteroatoms. The molecule has 374 valence electrons. The third kappa shape index (κ3) is 10.6. The van der Waals surface area contributed by atoms with Crippen LogP contribution in [0.1, 0.15) is 13.8 Å². The predicted octanol–water partition coefficient (Wildman–Crippen LogP) is -10.4. The van der Waals surface area contributed by atoms with E-state index in [9.17, 15) is 91.0 Å². The smallest absolute Gasteiger partial charge is 0.364 e. The van der Waals surface area contributed by atoms with Crippen LogP contribution >= 0.6 is 0 Å². The molecule has 0 spiro atoms. The number of ether oxygens (including phenoxy) is 12. The van der Waals surface area contributed by atoms with E-state index in [2.05, 4.69) is 0 Å². The number of carboxylic acids is 2. The molecule has 0 aromatic carbocycles. The van der Waals surface area contributed by atoms with Crippen LogP contribution in [0.4, 0.5) is 0 Å². The van der Waals surface area contributed by atoms with Crippen molar-refractivity contribution in [3.63, 3.8) is 0 Å². The Balaban J connectivity index is 1.22. The third-order valence-electron chi connectivity index (χ3n) is 11.6. The zero-order chi connectivity index (χ0) is 48.0. The number of esters is 1. The summed E-state index contributed by atoms with van der Waals surface area (Å²) in [6.45, 7) is -1.23. The van der Waals surface area contributed by atoms with E-state index in [1.54, 1.807) is 0 Å². The minimum atomic E-state index is -2.37. The quantitative estimate of drug-likeness (QED) is 0.0719. The van der Waals surface area contributed by atoms with Crippen molar-refractivity contribution >= 4 is 17.9 Å². The molecule has 6 aliphatic rings. The highest BCUT2D eigenvalue weighted by molar-refractivity contribution is 5.75. The van der Waals surface area contributed by atoms with E-state index in [0.717, 1.165) is 13.8 Å². The monoisotopic (exact) mass is 954 g/mol. The highest BCUT2D eigenvalue weighted by Gasteiger charge is 2.59. The van der Waals surface area contributed by atoms with Gasteiger partial charge in [-0.1, -0.05) is 0 Å². The molecule has 0 amide bonds. The van der Waals surface area contributed by atoms with Gasteiger partial charge < -0.3 is 133 Å². The summed E-state index contributed by atoms with van der Waals surface area (Å²) in [6.07, 6.45) is -50.2. The van der Waals surface area contributed by atoms with E-state index in [1.165, 1.54) is 0 Å². The van der Waals surface area contributed by atoms with Crippen molar-refractivity contribution in [1.82, 2.24) is 0 Å². The number of carbonyl (C=O) groups is 3. The number of aliphatic hydroxyl groups excluding tert-OH is 13. The molecule has 6 rings (SSSR count). The summed E-state index contributed by atoms with van der Waals surface area (Å²) >= 11 is 0. The van der Waals surface area contributed by atoms with Crippen LogP contribution in [-0.4, -0.2) is 280 Å². The second kappa shape index (κ2) is 21.0. The lowest BCUT2D eigenvalue weighted by Crippen LogP contribution is -2.69. The molecule has 26 atom stereocenters. The SMILES string of the molecule is CC(=O)OC[C@H]1O[C@H](O[C@@H]2[C@@H](O)[C@H](O[C@H]3[C@H](O)[C@@H](O)[C@H](O)O[C@@H]3CO)O[C@H](CO)[C@H]2O)[C@@H](O[C@@H]2O[C@H](C(=O)O)[C@@H](O[C@@H]3O[C@@H]4COC(C)(C(=O)O)O[C@H]4[C@H](O)[C@@H]3O)[C@H](O)[C@H]2O)[C@@H](O)[C@@H]1O. The van der Waals surface area contributed by atoms with Gasteiger partial charge in [0.25, 0.3) is 5.79 Å². The number of aliphatic hydroxyl groups is 13. The molecule has 0 radical (unpaired) electrons. The Morgan fingerprint density at radius 2 is 1.09 bits per heavy atom. The summed E-state index contributed by atoms with van der Waals surface area (Å²) in [5.41, 5.74) is 0. The van der Waals surface area contributed by atoms with Gasteiger partial charge in [-0.2, -0.15) is 0 Å². The molecule has 0 aromatic rings. The lowest BCUT2D eigenvalue weighted by atomic mass is 9.95. The maximum atomic E-state index is 12.6. The Morgan fingerprint density at radius 1 is 0.554 bits per heavy atom. The fraction of sp³-hybridized carbons (Fsp3) is 0.914. The summed E-state index contributed by atoms with van der Waals surface area (Å²) in [5, 5.41) is 159. The Kier molecular flexibility index (Phi) is 16.7. The minimum Gasteiger partial charge on any atom is -0.479 e. The molecule has 6 fully saturated rings. The lowest BCUT2D eigenvalue weighted by Gasteiger charge is -2.50. The first-order valence-electron chi connectivity index (χ1n) is 20.0. The van der Waals surface area contributed by atoms with E-state index in [4.69, 9.17) is 56.8 Å². The number of rotatable bonds is 14. The van der Waals surface area contributed by atoms with Crippen molar-refractivity contribution in [2.75, 3.05) is 26.4 Å². The van der Waals surface area contributed by atoms with E-state index >= 15 is 0 Å². The van der Waals surface area contributed by atoms with Crippen LogP contribution in [0.15, 0.2) is 0 Å². The molecule has 1 unspecified atom stereocenters. The Hall–Kier alpha value is -2.55. The normalized spacial score (nSPS) is 50.5. The number of fused-ring (bicyclic) bond motifs is 1. The van der Waals surface area contributed by atoms with Crippen LogP contribution in [-0.2, 0) is 71.2 Å². The predicted molar refractivity (Wildman–Crippen MR) is 190 cm³/mol. The van der Waals surface area contributed by atoms with Gasteiger partial charge in [0.1, 0.15) is 123 Å². The van der Waals surface area contributed by atoms with Gasteiger partial charge in [0.05, 0.1) is 19.8 Å². The largest absolute Gasteiger partial charge is 0.479 e. The average Bonchev–Trinajstić information content (AvgIpc) is 3.26. The van der Waals surface area contributed by atoms with Crippen LogP contribution in [0.25, 0.3) is 0 Å². The Labute approximate surface area is 365 Å². The van der Waals surface area contributed by atoms with Gasteiger partial charge in [0.15, 0.2) is 37.6 Å². The third-order valence-corrected chi connectivity index (χ3v) is 11.6. The van der Waals surface area contributed by atoms with Crippen LogP contribution in [0.3, 0.4) is 0 Å². The van der Waals surface area contributed by atoms with Gasteiger partial charge in [-0.15, -0.1) is 0 Å². The summed E-state index contributed by atoms with van der Waals surface area (Å²) < 4.78 is 65.4. The first kappa shape index (κ1) is 51.8. The number of hydrogen-bond donors (Lipinski definition) is 15. The fourth-order valence-electron chi connectivity index (χ4n) is 7.92. The minimum absolute atomic E-state index is 0.543. The maximum Gasteiger partial charge on any atom is 0.364 e. The van der Waals surface area contributed by atoms with Crippen LogP contribution in [0, 0.1) is 0 Å². The molecule has 65 heavy (non-hydrogen) atoms. The highest BCUT2D eigenvalue weighted by atomic mass is 16.8. The Bertz CT molecular complexity index is 1620. The lowest BCUT2D eigenvalue weighted by molar-refractivity contribution is -0.406. The molecule has 30 nitrogen and oxygen atoms in total.